The van der Waals surface area contributed by atoms with E-state index in [9.17, 15) is 0 Å². The van der Waals surface area contributed by atoms with Gasteiger partial charge in [0, 0.05) is 5.56 Å². The SMILES string of the molecule is CCO/C(=C/C#N)c1cccc(C)c1. The van der Waals surface area contributed by atoms with E-state index in [0.29, 0.717) is 12.4 Å². The number of hydrogen-bond acceptors (Lipinski definition) is 2. The van der Waals surface area contributed by atoms with E-state index >= 15 is 0 Å². The number of aryl methyl sites for hydroxylation is 1. The molecule has 0 bridgehead atoms. The first-order valence-corrected chi connectivity index (χ1v) is 4.57. The van der Waals surface area contributed by atoms with Crippen LogP contribution in [0.5, 0.6) is 0 Å². The molecule has 0 N–H and O–H groups in total. The summed E-state index contributed by atoms with van der Waals surface area (Å²) in [6, 6.07) is 9.89. The number of nitriles is 1. The Morgan fingerprint density at radius 3 is 2.93 bits per heavy atom. The van der Waals surface area contributed by atoms with Crippen molar-refractivity contribution in [1.82, 2.24) is 0 Å². The summed E-state index contributed by atoms with van der Waals surface area (Å²) in [4.78, 5) is 0. The minimum Gasteiger partial charge on any atom is -0.493 e. The lowest BCUT2D eigenvalue weighted by Gasteiger charge is -2.07. The predicted molar refractivity (Wildman–Crippen MR) is 56.4 cm³/mol. The molecule has 0 amide bonds. The molecule has 0 aliphatic carbocycles. The zero-order chi connectivity index (χ0) is 10.4. The van der Waals surface area contributed by atoms with Gasteiger partial charge in [-0.1, -0.05) is 23.8 Å². The van der Waals surface area contributed by atoms with Gasteiger partial charge >= 0.3 is 0 Å². The van der Waals surface area contributed by atoms with E-state index in [1.807, 2.05) is 44.2 Å². The molecule has 0 aliphatic rings. The molecule has 0 radical (unpaired) electrons. The third kappa shape index (κ3) is 2.63. The summed E-state index contributed by atoms with van der Waals surface area (Å²) in [5.74, 6) is 0.638. The van der Waals surface area contributed by atoms with Crippen LogP contribution >= 0.6 is 0 Å². The molecule has 72 valence electrons. The average Bonchev–Trinajstić information content (AvgIpc) is 2.17. The lowest BCUT2D eigenvalue weighted by Crippen LogP contribution is -1.91. The molecule has 2 heteroatoms. The third-order valence-corrected chi connectivity index (χ3v) is 1.80. The fourth-order valence-electron chi connectivity index (χ4n) is 1.22. The van der Waals surface area contributed by atoms with Crippen molar-refractivity contribution in [2.75, 3.05) is 6.61 Å². The van der Waals surface area contributed by atoms with Crippen LogP contribution in [-0.2, 0) is 4.74 Å². The van der Waals surface area contributed by atoms with Crippen molar-refractivity contribution in [1.29, 1.82) is 5.26 Å². The fraction of sp³-hybridized carbons (Fsp3) is 0.250. The molecule has 1 rings (SSSR count). The highest BCUT2D eigenvalue weighted by atomic mass is 16.5. The van der Waals surface area contributed by atoms with Crippen LogP contribution in [0.4, 0.5) is 0 Å². The third-order valence-electron chi connectivity index (χ3n) is 1.80. The number of hydrogen-bond donors (Lipinski definition) is 0. The van der Waals surface area contributed by atoms with Gasteiger partial charge in [0.05, 0.1) is 18.8 Å². The van der Waals surface area contributed by atoms with Gasteiger partial charge in [-0.05, 0) is 19.9 Å². The van der Waals surface area contributed by atoms with Crippen LogP contribution in [0.1, 0.15) is 18.1 Å². The second kappa shape index (κ2) is 5.08. The number of nitrogens with zero attached hydrogens (tertiary/aromatic N) is 1. The number of ether oxygens (including phenoxy) is 1. The second-order valence-corrected chi connectivity index (χ2v) is 2.94. The van der Waals surface area contributed by atoms with Crippen molar-refractivity contribution in [2.45, 2.75) is 13.8 Å². The van der Waals surface area contributed by atoms with Crippen LogP contribution in [0.3, 0.4) is 0 Å². The lowest BCUT2D eigenvalue weighted by molar-refractivity contribution is 0.298. The van der Waals surface area contributed by atoms with Crippen molar-refractivity contribution >= 4 is 5.76 Å². The molecule has 0 saturated heterocycles. The van der Waals surface area contributed by atoms with Gasteiger partial charge in [-0.3, -0.25) is 0 Å². The maximum atomic E-state index is 8.59. The average molecular weight is 187 g/mol. The van der Waals surface area contributed by atoms with Crippen LogP contribution in [0.25, 0.3) is 5.76 Å². The maximum absolute atomic E-state index is 8.59. The summed E-state index contributed by atoms with van der Waals surface area (Å²) < 4.78 is 5.36. The van der Waals surface area contributed by atoms with E-state index in [1.165, 1.54) is 6.08 Å². The van der Waals surface area contributed by atoms with Gasteiger partial charge in [-0.25, -0.2) is 0 Å². The number of rotatable bonds is 3. The predicted octanol–water partition coefficient (Wildman–Crippen LogP) is 2.90. The minimum absolute atomic E-state index is 0.571. The van der Waals surface area contributed by atoms with Crippen LogP contribution in [0.15, 0.2) is 30.3 Å². The summed E-state index contributed by atoms with van der Waals surface area (Å²) >= 11 is 0. The Hall–Kier alpha value is -1.75. The monoisotopic (exact) mass is 187 g/mol. The van der Waals surface area contributed by atoms with Gasteiger partial charge in [0.2, 0.25) is 0 Å². The molecule has 14 heavy (non-hydrogen) atoms. The van der Waals surface area contributed by atoms with Gasteiger partial charge in [-0.2, -0.15) is 5.26 Å². The van der Waals surface area contributed by atoms with E-state index in [4.69, 9.17) is 10.00 Å². The Balaban J connectivity index is 3.01. The van der Waals surface area contributed by atoms with Gasteiger partial charge in [0.1, 0.15) is 5.76 Å². The molecule has 0 spiro atoms. The van der Waals surface area contributed by atoms with Crippen molar-refractivity contribution in [2.24, 2.45) is 0 Å². The topological polar surface area (TPSA) is 33.0 Å². The molecule has 1 aromatic rings. The largest absolute Gasteiger partial charge is 0.493 e. The Labute approximate surface area is 84.4 Å². The minimum atomic E-state index is 0.571. The van der Waals surface area contributed by atoms with Gasteiger partial charge < -0.3 is 4.74 Å². The van der Waals surface area contributed by atoms with Crippen LogP contribution in [0.2, 0.25) is 0 Å². The van der Waals surface area contributed by atoms with Gasteiger partial charge in [0.25, 0.3) is 0 Å². The fourth-order valence-corrected chi connectivity index (χ4v) is 1.22. The quantitative estimate of drug-likeness (QED) is 0.538. The van der Waals surface area contributed by atoms with Crippen molar-refractivity contribution in [3.8, 4) is 6.07 Å². The van der Waals surface area contributed by atoms with Crippen LogP contribution in [0, 0.1) is 18.3 Å². The summed E-state index contributed by atoms with van der Waals surface area (Å²) in [7, 11) is 0. The molecule has 0 saturated carbocycles. The molecule has 0 heterocycles. The summed E-state index contributed by atoms with van der Waals surface area (Å²) in [5, 5.41) is 8.59. The van der Waals surface area contributed by atoms with Gasteiger partial charge in [-0.15, -0.1) is 0 Å². The zero-order valence-corrected chi connectivity index (χ0v) is 8.45. The molecule has 0 fully saturated rings. The number of benzene rings is 1. The van der Waals surface area contributed by atoms with E-state index in [0.717, 1.165) is 11.1 Å². The highest BCUT2D eigenvalue weighted by Crippen LogP contribution is 2.16. The number of allylic oxidation sites excluding steroid dienone is 1. The Kier molecular flexibility index (Phi) is 3.75. The first-order chi connectivity index (χ1) is 6.77. The van der Waals surface area contributed by atoms with E-state index in [2.05, 4.69) is 0 Å². The first-order valence-electron chi connectivity index (χ1n) is 4.57. The van der Waals surface area contributed by atoms with Crippen molar-refractivity contribution in [3.63, 3.8) is 0 Å². The highest BCUT2D eigenvalue weighted by Gasteiger charge is 2.01. The van der Waals surface area contributed by atoms with Crippen molar-refractivity contribution in [3.05, 3.63) is 41.5 Å². The summed E-state index contributed by atoms with van der Waals surface area (Å²) in [6.07, 6.45) is 1.43. The summed E-state index contributed by atoms with van der Waals surface area (Å²) in [6.45, 7) is 4.49. The standard InChI is InChI=1S/C12H13NO/c1-3-14-12(7-8-13)11-6-4-5-10(2)9-11/h4-7,9H,3H2,1-2H3/b12-7+. The Bertz CT molecular complexity index is 374. The molecule has 0 atom stereocenters. The Morgan fingerprint density at radius 1 is 1.57 bits per heavy atom. The maximum Gasteiger partial charge on any atom is 0.136 e. The molecular formula is C12H13NO. The normalized spacial score (nSPS) is 10.8. The molecule has 2 nitrogen and oxygen atoms in total. The Morgan fingerprint density at radius 2 is 2.36 bits per heavy atom. The van der Waals surface area contributed by atoms with Crippen LogP contribution in [-0.4, -0.2) is 6.61 Å². The van der Waals surface area contributed by atoms with Gasteiger partial charge in [0.15, 0.2) is 0 Å². The van der Waals surface area contributed by atoms with E-state index in [1.54, 1.807) is 0 Å². The lowest BCUT2D eigenvalue weighted by atomic mass is 10.1. The van der Waals surface area contributed by atoms with Crippen LogP contribution < -0.4 is 0 Å². The molecule has 0 aliphatic heterocycles. The second-order valence-electron chi connectivity index (χ2n) is 2.94. The zero-order valence-electron chi connectivity index (χ0n) is 8.45. The molecule has 0 unspecified atom stereocenters. The molecule has 1 aromatic carbocycles. The first kappa shape index (κ1) is 10.3. The van der Waals surface area contributed by atoms with Crippen molar-refractivity contribution < 1.29 is 4.74 Å². The molecule has 0 aromatic heterocycles. The smallest absolute Gasteiger partial charge is 0.136 e. The summed E-state index contributed by atoms with van der Waals surface area (Å²) in [5.41, 5.74) is 2.11. The highest BCUT2D eigenvalue weighted by molar-refractivity contribution is 5.62. The van der Waals surface area contributed by atoms with E-state index in [-0.39, 0.29) is 0 Å². The van der Waals surface area contributed by atoms with E-state index < -0.39 is 0 Å². The molecular weight excluding hydrogens is 174 g/mol.